The van der Waals surface area contributed by atoms with Gasteiger partial charge in [-0.1, -0.05) is 154 Å². The van der Waals surface area contributed by atoms with Crippen LogP contribution in [0.25, 0.3) is 11.1 Å². The fourth-order valence-electron chi connectivity index (χ4n) is 9.92. The summed E-state index contributed by atoms with van der Waals surface area (Å²) < 4.78 is 50.2. The molecule has 5 aromatic rings. The summed E-state index contributed by atoms with van der Waals surface area (Å²) >= 11 is 0. The van der Waals surface area contributed by atoms with Crippen LogP contribution in [0.1, 0.15) is 215 Å². The zero-order valence-electron chi connectivity index (χ0n) is 54.2. The Labute approximate surface area is 547 Å². The molecule has 0 unspecified atom stereocenters. The minimum atomic E-state index is -0.904. The molecule has 5 rings (SSSR count). The van der Waals surface area contributed by atoms with Crippen molar-refractivity contribution < 1.29 is 76.3 Å². The van der Waals surface area contributed by atoms with Crippen LogP contribution in [0.4, 0.5) is 11.4 Å². The summed E-state index contributed by atoms with van der Waals surface area (Å²) in [4.78, 5) is 88.1. The van der Waals surface area contributed by atoms with Crippen LogP contribution in [-0.2, 0) is 28.5 Å². The molecule has 0 fully saturated rings. The van der Waals surface area contributed by atoms with E-state index in [4.69, 9.17) is 48.4 Å². The first-order valence-corrected chi connectivity index (χ1v) is 33.1. The first kappa shape index (κ1) is 74.7. The largest absolute Gasteiger partial charge is 0.494 e. The summed E-state index contributed by atoms with van der Waals surface area (Å²) in [6.45, 7) is 11.1. The number of hydrogen-bond acceptors (Lipinski definition) is 18. The van der Waals surface area contributed by atoms with Crippen molar-refractivity contribution in [3.8, 4) is 39.9 Å². The van der Waals surface area contributed by atoms with Crippen LogP contribution in [0.15, 0.2) is 128 Å². The van der Waals surface area contributed by atoms with E-state index in [0.29, 0.717) is 62.1 Å². The van der Waals surface area contributed by atoms with Gasteiger partial charge in [0.05, 0.1) is 73.4 Å². The Balaban J connectivity index is 1.10. The molecule has 0 heterocycles. The van der Waals surface area contributed by atoms with E-state index in [-0.39, 0.29) is 82.5 Å². The molecule has 2 N–H and O–H groups in total. The monoisotopic (exact) mass is 1280 g/mol. The molecule has 5 aromatic carbocycles. The normalized spacial score (nSPS) is 10.8. The third kappa shape index (κ3) is 29.4. The lowest BCUT2D eigenvalue weighted by Crippen LogP contribution is -2.18. The van der Waals surface area contributed by atoms with Crippen molar-refractivity contribution in [1.29, 1.82) is 0 Å². The number of ether oxygens (including phenoxy) is 9. The third-order valence-electron chi connectivity index (χ3n) is 15.2. The zero-order valence-corrected chi connectivity index (χ0v) is 54.2. The maximum Gasteiger partial charge on any atom is 0.344 e. The number of carbonyl (C=O) groups is 6. The fraction of sp³-hybridized carbons (Fsp3) is 0.459. The molecule has 93 heavy (non-hydrogen) atoms. The lowest BCUT2D eigenvalue weighted by atomic mass is 10.0. The van der Waals surface area contributed by atoms with Gasteiger partial charge in [0.25, 0.3) is 0 Å². The molecular weight excluding hydrogens is 1190 g/mol. The molecule has 502 valence electrons. The minimum absolute atomic E-state index is 0.0155. The molecule has 0 saturated heterocycles. The number of nitro groups is 1. The number of nitrogens with two attached hydrogens (primary N) is 1. The summed E-state index contributed by atoms with van der Waals surface area (Å²) in [5.41, 5.74) is 7.21. The van der Waals surface area contributed by atoms with Gasteiger partial charge in [-0.15, -0.1) is 0 Å². The minimum Gasteiger partial charge on any atom is -0.494 e. The summed E-state index contributed by atoms with van der Waals surface area (Å²) in [5, 5.41) is 12.0. The average Bonchev–Trinajstić information content (AvgIpc) is 0.845. The molecule has 0 spiro atoms. The maximum atomic E-state index is 13.8. The number of unbranched alkanes of at least 4 members (excludes halogenated alkanes) is 22. The third-order valence-corrected chi connectivity index (χ3v) is 15.2. The molecule has 0 aliphatic carbocycles. The van der Waals surface area contributed by atoms with Gasteiger partial charge in [0, 0.05) is 35.5 Å². The second-order valence-electron chi connectivity index (χ2n) is 22.6. The van der Waals surface area contributed by atoms with Gasteiger partial charge in [0.15, 0.2) is 5.75 Å². The van der Waals surface area contributed by atoms with Gasteiger partial charge in [-0.2, -0.15) is 0 Å². The van der Waals surface area contributed by atoms with Crippen LogP contribution in [0.5, 0.6) is 28.7 Å². The van der Waals surface area contributed by atoms with E-state index >= 15 is 0 Å². The molecule has 19 nitrogen and oxygen atoms in total. The highest BCUT2D eigenvalue weighted by molar-refractivity contribution is 6.06. The van der Waals surface area contributed by atoms with Crippen molar-refractivity contribution >= 4 is 47.2 Å². The molecule has 0 aliphatic rings. The number of hydrogen-bond donors (Lipinski definition) is 1. The standard InChI is InChI=1S/C74H94N2O17/c1-4-7-8-9-20-27-48-87-68-55-66(75)64(54-67(68)76(83)84)56-32-34-57(35-33-56)71(79)90-51-30-31-52-91-73(81)65-53-58(72(80)92-61-41-37-59(38-42-61)85-46-25-21-16-12-10-14-18-23-28-49-88-69(77)5-2)36-45-63(65)74(82)93-62-43-39-60(40-44-62)86-47-26-22-17-13-11-15-19-24-29-50-89-70(78)6-3/h5-6,32-45,53-55H,2-4,7-31,46-52,75H2,1H3. The van der Waals surface area contributed by atoms with E-state index < -0.39 is 28.8 Å². The predicted molar refractivity (Wildman–Crippen MR) is 357 cm³/mol. The van der Waals surface area contributed by atoms with E-state index in [1.54, 1.807) is 60.7 Å². The van der Waals surface area contributed by atoms with E-state index in [2.05, 4.69) is 20.1 Å². The van der Waals surface area contributed by atoms with Crippen LogP contribution in [0, 0.1) is 10.1 Å². The van der Waals surface area contributed by atoms with E-state index in [0.717, 1.165) is 148 Å². The first-order valence-electron chi connectivity index (χ1n) is 33.1. The van der Waals surface area contributed by atoms with Crippen LogP contribution >= 0.6 is 0 Å². The lowest BCUT2D eigenvalue weighted by Gasteiger charge is -2.13. The zero-order chi connectivity index (χ0) is 66.7. The number of anilines is 1. The number of nitrogens with zero attached hydrogens (tertiary/aromatic N) is 1. The van der Waals surface area contributed by atoms with Gasteiger partial charge >= 0.3 is 41.5 Å². The first-order chi connectivity index (χ1) is 45.3. The Kier molecular flexibility index (Phi) is 35.7. The Morgan fingerprint density at radius 1 is 0.409 bits per heavy atom. The molecule has 0 saturated carbocycles. The number of carbonyl (C=O) groups excluding carboxylic acids is 6. The summed E-state index contributed by atoms with van der Waals surface area (Å²) in [7, 11) is 0. The van der Waals surface area contributed by atoms with Crippen molar-refractivity contribution in [1.82, 2.24) is 0 Å². The van der Waals surface area contributed by atoms with Gasteiger partial charge in [0.2, 0.25) is 0 Å². The number of esters is 6. The SMILES string of the molecule is C=CC(=O)OCCCCCCCCCCCOc1ccc(OC(=O)c2ccc(C(=O)Oc3ccc(OCCCCCCCCCCCOC(=O)C=C)cc3)c(C(=O)OCCCCOC(=O)c3ccc(-c4cc([N+](=O)[O-])c(OCCCCCCCC)cc4N)cc3)c2)cc1. The molecule has 0 amide bonds. The second kappa shape index (κ2) is 44.5. The summed E-state index contributed by atoms with van der Waals surface area (Å²) in [5.74, 6) is -2.21. The lowest BCUT2D eigenvalue weighted by molar-refractivity contribution is -0.385. The number of nitro benzene ring substituents is 1. The van der Waals surface area contributed by atoms with E-state index in [1.165, 1.54) is 61.0 Å². The van der Waals surface area contributed by atoms with Gasteiger partial charge in [-0.3, -0.25) is 10.1 Å². The highest BCUT2D eigenvalue weighted by Gasteiger charge is 2.25. The molecule has 0 aromatic heterocycles. The van der Waals surface area contributed by atoms with Gasteiger partial charge in [0.1, 0.15) is 23.0 Å². The van der Waals surface area contributed by atoms with Gasteiger partial charge in [-0.05, 0) is 129 Å². The smallest absolute Gasteiger partial charge is 0.344 e. The summed E-state index contributed by atoms with van der Waals surface area (Å²) in [6, 6.07) is 26.2. The molecule has 0 aliphatic heterocycles. The highest BCUT2D eigenvalue weighted by atomic mass is 16.6. The maximum absolute atomic E-state index is 13.8. The molecule has 0 radical (unpaired) electrons. The van der Waals surface area contributed by atoms with Crippen molar-refractivity contribution in [2.45, 2.75) is 174 Å². The Morgan fingerprint density at radius 2 is 0.796 bits per heavy atom. The van der Waals surface area contributed by atoms with Crippen molar-refractivity contribution in [2.24, 2.45) is 0 Å². The van der Waals surface area contributed by atoms with Crippen molar-refractivity contribution in [3.05, 3.63) is 161 Å². The molecule has 0 atom stereocenters. The Bertz CT molecular complexity index is 3110. The summed E-state index contributed by atoms with van der Waals surface area (Å²) in [6.07, 6.45) is 28.1. The highest BCUT2D eigenvalue weighted by Crippen LogP contribution is 2.38. The van der Waals surface area contributed by atoms with E-state index in [1.807, 2.05) is 0 Å². The van der Waals surface area contributed by atoms with Gasteiger partial charge < -0.3 is 48.4 Å². The van der Waals surface area contributed by atoms with Crippen LogP contribution in [0.3, 0.4) is 0 Å². The second-order valence-corrected chi connectivity index (χ2v) is 22.6. The Hall–Kier alpha value is -9.00. The van der Waals surface area contributed by atoms with Crippen LogP contribution in [0.2, 0.25) is 0 Å². The number of rotatable bonds is 49. The van der Waals surface area contributed by atoms with Crippen molar-refractivity contribution in [3.63, 3.8) is 0 Å². The molecular formula is C74H94N2O17. The van der Waals surface area contributed by atoms with Gasteiger partial charge in [-0.25, -0.2) is 28.8 Å². The quantitative estimate of drug-likeness (QED) is 0.00555. The van der Waals surface area contributed by atoms with E-state index in [9.17, 15) is 38.9 Å². The fourth-order valence-corrected chi connectivity index (χ4v) is 9.92. The van der Waals surface area contributed by atoms with Crippen LogP contribution < -0.4 is 29.4 Å². The van der Waals surface area contributed by atoms with Crippen molar-refractivity contribution in [2.75, 3.05) is 52.0 Å². The number of nitrogen functional groups attached to an aromatic ring is 1. The number of benzene rings is 5. The topological polar surface area (TPSA) is 255 Å². The Morgan fingerprint density at radius 3 is 1.26 bits per heavy atom. The molecule has 19 heteroatoms. The predicted octanol–water partition coefficient (Wildman–Crippen LogP) is 17.1. The average molecular weight is 1280 g/mol. The molecule has 0 bridgehead atoms. The van der Waals surface area contributed by atoms with Crippen LogP contribution in [-0.4, -0.2) is 87.0 Å².